The molecule has 82 valence electrons. The molecule has 0 radical (unpaired) electrons. The molecule has 1 aliphatic rings. The van der Waals surface area contributed by atoms with Crippen LogP contribution in [-0.4, -0.2) is 49.5 Å². The third-order valence-electron chi connectivity index (χ3n) is 2.31. The zero-order chi connectivity index (χ0) is 10.6. The van der Waals surface area contributed by atoms with Crippen molar-refractivity contribution < 1.29 is 14.6 Å². The summed E-state index contributed by atoms with van der Waals surface area (Å²) in [6.07, 6.45) is 0.318. The Bertz CT molecular complexity index is 196. The van der Waals surface area contributed by atoms with Gasteiger partial charge in [-0.25, -0.2) is 0 Å². The summed E-state index contributed by atoms with van der Waals surface area (Å²) in [6.45, 7) is 2.65. The summed E-state index contributed by atoms with van der Waals surface area (Å²) >= 11 is 0. The number of ether oxygens (including phenoxy) is 1. The first-order valence-electron chi connectivity index (χ1n) is 4.85. The molecule has 1 saturated heterocycles. The third kappa shape index (κ3) is 3.25. The normalized spacial score (nSPS) is 28.8. The van der Waals surface area contributed by atoms with Gasteiger partial charge < -0.3 is 20.5 Å². The molecule has 1 rings (SSSR count). The van der Waals surface area contributed by atoms with Gasteiger partial charge in [-0.3, -0.25) is 4.79 Å². The Hall–Kier alpha value is -0.650. The van der Waals surface area contributed by atoms with Crippen LogP contribution in [0.1, 0.15) is 13.3 Å². The molecule has 1 heterocycles. The summed E-state index contributed by atoms with van der Waals surface area (Å²) in [6, 6.07) is -0.182. The fourth-order valence-electron chi connectivity index (χ4n) is 1.45. The highest BCUT2D eigenvalue weighted by molar-refractivity contribution is 5.82. The van der Waals surface area contributed by atoms with Crippen LogP contribution in [0.3, 0.4) is 0 Å². The second kappa shape index (κ2) is 5.29. The van der Waals surface area contributed by atoms with Crippen molar-refractivity contribution in [2.24, 2.45) is 0 Å². The van der Waals surface area contributed by atoms with Crippen molar-refractivity contribution in [1.29, 1.82) is 0 Å². The number of nitrogens with one attached hydrogen (secondary N) is 2. The number of methoxy groups -OCH3 is 1. The minimum absolute atomic E-state index is 0.0644. The van der Waals surface area contributed by atoms with E-state index in [1.807, 2.05) is 0 Å². The van der Waals surface area contributed by atoms with Crippen LogP contribution >= 0.6 is 0 Å². The summed E-state index contributed by atoms with van der Waals surface area (Å²) in [7, 11) is 1.64. The molecule has 1 aliphatic heterocycles. The van der Waals surface area contributed by atoms with Gasteiger partial charge in [0.1, 0.15) is 0 Å². The first kappa shape index (κ1) is 11.4. The highest BCUT2D eigenvalue weighted by Crippen LogP contribution is 2.09. The fourth-order valence-corrected chi connectivity index (χ4v) is 1.45. The maximum Gasteiger partial charge on any atom is 0.237 e. The van der Waals surface area contributed by atoms with E-state index in [1.165, 1.54) is 0 Å². The van der Waals surface area contributed by atoms with Gasteiger partial charge >= 0.3 is 0 Å². The van der Waals surface area contributed by atoms with Crippen molar-refractivity contribution in [3.05, 3.63) is 0 Å². The topological polar surface area (TPSA) is 70.6 Å². The molecule has 1 fully saturated rings. The summed E-state index contributed by atoms with van der Waals surface area (Å²) in [5.74, 6) is -0.0644. The molecule has 0 aromatic carbocycles. The van der Waals surface area contributed by atoms with Crippen molar-refractivity contribution in [1.82, 2.24) is 10.6 Å². The second-order valence-corrected chi connectivity index (χ2v) is 3.65. The predicted octanol–water partition coefficient (Wildman–Crippen LogP) is -1.14. The Kier molecular flexibility index (Phi) is 4.31. The Morgan fingerprint density at radius 3 is 3.00 bits per heavy atom. The van der Waals surface area contributed by atoms with Crippen LogP contribution in [0.15, 0.2) is 0 Å². The maximum absolute atomic E-state index is 11.5. The van der Waals surface area contributed by atoms with Crippen molar-refractivity contribution in [3.63, 3.8) is 0 Å². The molecular formula is C9H18N2O3. The monoisotopic (exact) mass is 202 g/mol. The summed E-state index contributed by atoms with van der Waals surface area (Å²) in [4.78, 5) is 11.5. The van der Waals surface area contributed by atoms with Crippen LogP contribution in [0, 0.1) is 0 Å². The summed E-state index contributed by atoms with van der Waals surface area (Å²) in [5, 5.41) is 14.7. The Labute approximate surface area is 83.8 Å². The lowest BCUT2D eigenvalue weighted by Crippen LogP contribution is -2.42. The van der Waals surface area contributed by atoms with Gasteiger partial charge in [-0.15, -0.1) is 0 Å². The van der Waals surface area contributed by atoms with E-state index in [2.05, 4.69) is 10.6 Å². The molecule has 5 nitrogen and oxygen atoms in total. The van der Waals surface area contributed by atoms with E-state index in [0.29, 0.717) is 19.5 Å². The first-order chi connectivity index (χ1) is 6.63. The molecule has 3 atom stereocenters. The molecule has 5 heteroatoms. The smallest absolute Gasteiger partial charge is 0.237 e. The molecular weight excluding hydrogens is 184 g/mol. The van der Waals surface area contributed by atoms with Crippen LogP contribution < -0.4 is 10.6 Å². The fraction of sp³-hybridized carbons (Fsp3) is 0.889. The number of aliphatic hydroxyl groups is 1. The number of hydrogen-bond donors (Lipinski definition) is 3. The van der Waals surface area contributed by atoms with Crippen LogP contribution in [0.25, 0.3) is 0 Å². The molecule has 0 aromatic heterocycles. The molecule has 0 saturated carbocycles. The molecule has 14 heavy (non-hydrogen) atoms. The van der Waals surface area contributed by atoms with Crippen molar-refractivity contribution >= 4 is 5.91 Å². The SMILES string of the molecule is COC1CNC(C(=O)NC[C@H](C)O)C1. The summed E-state index contributed by atoms with van der Waals surface area (Å²) < 4.78 is 5.13. The lowest BCUT2D eigenvalue weighted by molar-refractivity contribution is -0.123. The summed E-state index contributed by atoms with van der Waals surface area (Å²) in [5.41, 5.74) is 0. The van der Waals surface area contributed by atoms with E-state index in [9.17, 15) is 4.79 Å². The van der Waals surface area contributed by atoms with E-state index < -0.39 is 6.10 Å². The van der Waals surface area contributed by atoms with Crippen LogP contribution in [-0.2, 0) is 9.53 Å². The van der Waals surface area contributed by atoms with E-state index >= 15 is 0 Å². The molecule has 0 aliphatic carbocycles. The minimum atomic E-state index is -0.501. The van der Waals surface area contributed by atoms with Crippen molar-refractivity contribution in [2.75, 3.05) is 20.2 Å². The highest BCUT2D eigenvalue weighted by atomic mass is 16.5. The van der Waals surface area contributed by atoms with Crippen molar-refractivity contribution in [2.45, 2.75) is 31.6 Å². The number of rotatable bonds is 4. The van der Waals surface area contributed by atoms with E-state index in [1.54, 1.807) is 14.0 Å². The molecule has 3 N–H and O–H groups in total. The number of hydrogen-bond acceptors (Lipinski definition) is 4. The quantitative estimate of drug-likeness (QED) is 0.539. The van der Waals surface area contributed by atoms with Gasteiger partial charge in [0.05, 0.1) is 18.2 Å². The highest BCUT2D eigenvalue weighted by Gasteiger charge is 2.28. The van der Waals surface area contributed by atoms with Gasteiger partial charge in [0.15, 0.2) is 0 Å². The van der Waals surface area contributed by atoms with E-state index in [0.717, 1.165) is 0 Å². The number of amides is 1. The average Bonchev–Trinajstić information content (AvgIpc) is 2.62. The first-order valence-corrected chi connectivity index (χ1v) is 4.85. The zero-order valence-electron chi connectivity index (χ0n) is 8.62. The van der Waals surface area contributed by atoms with Gasteiger partial charge in [0, 0.05) is 20.2 Å². The largest absolute Gasteiger partial charge is 0.392 e. The Morgan fingerprint density at radius 1 is 1.79 bits per heavy atom. The van der Waals surface area contributed by atoms with E-state index in [-0.39, 0.29) is 18.1 Å². The molecule has 2 unspecified atom stereocenters. The second-order valence-electron chi connectivity index (χ2n) is 3.65. The lowest BCUT2D eigenvalue weighted by atomic mass is 10.2. The van der Waals surface area contributed by atoms with Crippen LogP contribution in [0.2, 0.25) is 0 Å². The van der Waals surface area contributed by atoms with Crippen LogP contribution in [0.5, 0.6) is 0 Å². The molecule has 0 spiro atoms. The number of carbonyl (C=O) groups is 1. The predicted molar refractivity (Wildman–Crippen MR) is 51.9 cm³/mol. The molecule has 1 amide bonds. The zero-order valence-corrected chi connectivity index (χ0v) is 8.62. The van der Waals surface area contributed by atoms with Gasteiger partial charge in [-0.2, -0.15) is 0 Å². The van der Waals surface area contributed by atoms with E-state index in [4.69, 9.17) is 9.84 Å². The standard InChI is InChI=1S/C9H18N2O3/c1-6(12)4-11-9(13)8-3-7(14-2)5-10-8/h6-8,10,12H,3-5H2,1-2H3,(H,11,13)/t6-,7?,8?/m0/s1. The molecule has 0 bridgehead atoms. The Balaban J connectivity index is 2.25. The van der Waals surface area contributed by atoms with Gasteiger partial charge in [-0.05, 0) is 13.3 Å². The average molecular weight is 202 g/mol. The number of carbonyl (C=O) groups excluding carboxylic acids is 1. The maximum atomic E-state index is 11.5. The van der Waals surface area contributed by atoms with Gasteiger partial charge in [-0.1, -0.05) is 0 Å². The third-order valence-corrected chi connectivity index (χ3v) is 2.31. The van der Waals surface area contributed by atoms with Gasteiger partial charge in [0.25, 0.3) is 0 Å². The lowest BCUT2D eigenvalue weighted by Gasteiger charge is -2.12. The minimum Gasteiger partial charge on any atom is -0.392 e. The Morgan fingerprint density at radius 2 is 2.50 bits per heavy atom. The van der Waals surface area contributed by atoms with Crippen LogP contribution in [0.4, 0.5) is 0 Å². The van der Waals surface area contributed by atoms with Crippen molar-refractivity contribution in [3.8, 4) is 0 Å². The van der Waals surface area contributed by atoms with Gasteiger partial charge in [0.2, 0.25) is 5.91 Å². The number of aliphatic hydroxyl groups excluding tert-OH is 1. The molecule has 0 aromatic rings.